The van der Waals surface area contributed by atoms with Crippen molar-refractivity contribution < 1.29 is 24.0 Å². The Balaban J connectivity index is 1.74. The number of nitrogens with zero attached hydrogens (tertiary/aromatic N) is 2. The van der Waals surface area contributed by atoms with E-state index in [2.05, 4.69) is 5.16 Å². The quantitative estimate of drug-likeness (QED) is 0.478. The van der Waals surface area contributed by atoms with Gasteiger partial charge in [-0.3, -0.25) is 14.5 Å². The van der Waals surface area contributed by atoms with Crippen LogP contribution in [0.25, 0.3) is 11.3 Å². The Kier molecular flexibility index (Phi) is 6.31. The maximum atomic E-state index is 13.5. The number of hydrogen-bond acceptors (Lipinski definition) is 6. The number of hydrogen-bond donors (Lipinski definition) is 1. The van der Waals surface area contributed by atoms with Crippen LogP contribution in [0.15, 0.2) is 76.7 Å². The van der Waals surface area contributed by atoms with E-state index in [0.717, 1.165) is 18.4 Å². The third kappa shape index (κ3) is 4.02. The van der Waals surface area contributed by atoms with Crippen molar-refractivity contribution in [1.29, 1.82) is 0 Å². The lowest BCUT2D eigenvalue weighted by Crippen LogP contribution is -2.42. The van der Waals surface area contributed by atoms with Crippen LogP contribution in [0.2, 0.25) is 0 Å². The number of benzene rings is 2. The zero-order valence-corrected chi connectivity index (χ0v) is 18.8. The van der Waals surface area contributed by atoms with E-state index in [4.69, 9.17) is 9.26 Å². The molecule has 1 aliphatic rings. The number of Topliss-reactive ketones (excluding diaryl/α,β-unsaturated/α-hetero) is 1. The zero-order valence-electron chi connectivity index (χ0n) is 18.8. The van der Waals surface area contributed by atoms with Gasteiger partial charge in [0.1, 0.15) is 17.7 Å². The monoisotopic (exact) mass is 446 g/mol. The highest BCUT2D eigenvalue weighted by molar-refractivity contribution is 6.20. The van der Waals surface area contributed by atoms with Crippen molar-refractivity contribution in [2.75, 3.05) is 12.0 Å². The van der Waals surface area contributed by atoms with Crippen LogP contribution in [0.3, 0.4) is 0 Å². The molecule has 33 heavy (non-hydrogen) atoms. The molecule has 0 bridgehead atoms. The van der Waals surface area contributed by atoms with E-state index in [1.54, 1.807) is 49.6 Å². The summed E-state index contributed by atoms with van der Waals surface area (Å²) in [5, 5.41) is 14.8. The molecule has 170 valence electrons. The van der Waals surface area contributed by atoms with Gasteiger partial charge in [-0.2, -0.15) is 0 Å². The Labute approximate surface area is 192 Å². The lowest BCUT2D eigenvalue weighted by molar-refractivity contribution is -0.117. The minimum Gasteiger partial charge on any atom is -0.503 e. The van der Waals surface area contributed by atoms with Crippen LogP contribution < -0.4 is 9.64 Å². The molecular formula is C26H26N2O5. The van der Waals surface area contributed by atoms with E-state index in [9.17, 15) is 14.7 Å². The van der Waals surface area contributed by atoms with Gasteiger partial charge in [-0.15, -0.1) is 0 Å². The summed E-state index contributed by atoms with van der Waals surface area (Å²) in [6.45, 7) is 4.05. The second-order valence-electron chi connectivity index (χ2n) is 7.95. The first-order valence-electron chi connectivity index (χ1n) is 11.0. The Morgan fingerprint density at radius 2 is 1.76 bits per heavy atom. The van der Waals surface area contributed by atoms with Crippen LogP contribution in [-0.4, -0.2) is 35.1 Å². The van der Waals surface area contributed by atoms with Crippen LogP contribution in [0.4, 0.5) is 5.69 Å². The van der Waals surface area contributed by atoms with Gasteiger partial charge in [-0.25, -0.2) is 0 Å². The molecule has 1 aliphatic heterocycles. The fourth-order valence-corrected chi connectivity index (χ4v) is 4.38. The number of methoxy groups -OCH3 is 1. The molecule has 7 heteroatoms. The summed E-state index contributed by atoms with van der Waals surface area (Å²) in [6.07, 6.45) is 2.98. The smallest absolute Gasteiger partial charge is 0.294 e. The number of carbonyl (C=O) groups is 2. The van der Waals surface area contributed by atoms with Crippen molar-refractivity contribution in [1.82, 2.24) is 5.16 Å². The number of ether oxygens (including phenoxy) is 1. The van der Waals surface area contributed by atoms with Crippen molar-refractivity contribution in [2.24, 2.45) is 5.92 Å². The maximum Gasteiger partial charge on any atom is 0.294 e. The van der Waals surface area contributed by atoms with Gasteiger partial charge in [0.15, 0.2) is 11.5 Å². The molecule has 0 saturated carbocycles. The molecule has 1 atom stereocenters. The van der Waals surface area contributed by atoms with Crippen molar-refractivity contribution in [3.8, 4) is 17.0 Å². The Morgan fingerprint density at radius 1 is 1.09 bits per heavy atom. The summed E-state index contributed by atoms with van der Waals surface area (Å²) < 4.78 is 10.1. The van der Waals surface area contributed by atoms with Gasteiger partial charge in [0.05, 0.1) is 18.7 Å². The Hall–Kier alpha value is -3.87. The number of aliphatic hydroxyl groups excluding tert-OH is 1. The minimum atomic E-state index is -0.571. The summed E-state index contributed by atoms with van der Waals surface area (Å²) in [5.41, 5.74) is 2.66. The van der Waals surface area contributed by atoms with Crippen LogP contribution in [0.5, 0.6) is 5.75 Å². The first-order chi connectivity index (χ1) is 16.0. The molecule has 0 radical (unpaired) electrons. The molecule has 1 unspecified atom stereocenters. The predicted molar refractivity (Wildman–Crippen MR) is 124 cm³/mol. The Bertz CT molecular complexity index is 1160. The molecule has 1 aromatic heterocycles. The second-order valence-corrected chi connectivity index (χ2v) is 7.95. The number of aliphatic hydroxyl groups is 1. The molecule has 1 amide bonds. The van der Waals surface area contributed by atoms with Gasteiger partial charge in [-0.05, 0) is 42.3 Å². The molecule has 4 rings (SSSR count). The largest absolute Gasteiger partial charge is 0.503 e. The summed E-state index contributed by atoms with van der Waals surface area (Å²) in [5.74, 6) is -0.808. The number of aromatic nitrogens is 1. The average Bonchev–Trinajstić information content (AvgIpc) is 3.47. The van der Waals surface area contributed by atoms with Crippen molar-refractivity contribution in [2.45, 2.75) is 32.7 Å². The lowest BCUT2D eigenvalue weighted by atomic mass is 9.85. The van der Waals surface area contributed by atoms with Crippen LogP contribution in [-0.2, 0) is 4.79 Å². The highest BCUT2D eigenvalue weighted by Crippen LogP contribution is 2.38. The summed E-state index contributed by atoms with van der Waals surface area (Å²) >= 11 is 0. The molecule has 2 aromatic carbocycles. The highest BCUT2D eigenvalue weighted by atomic mass is 16.5. The fourth-order valence-electron chi connectivity index (χ4n) is 4.38. The van der Waals surface area contributed by atoms with E-state index in [1.807, 2.05) is 26.0 Å². The maximum absolute atomic E-state index is 13.5. The number of ketones is 1. The van der Waals surface area contributed by atoms with Gasteiger partial charge in [0.25, 0.3) is 5.91 Å². The molecule has 7 nitrogen and oxygen atoms in total. The van der Waals surface area contributed by atoms with Gasteiger partial charge in [0.2, 0.25) is 0 Å². The van der Waals surface area contributed by atoms with Crippen molar-refractivity contribution in [3.63, 3.8) is 0 Å². The highest BCUT2D eigenvalue weighted by Gasteiger charge is 2.46. The van der Waals surface area contributed by atoms with Gasteiger partial charge < -0.3 is 14.4 Å². The molecule has 1 N–H and O–H groups in total. The van der Waals surface area contributed by atoms with Crippen LogP contribution in [0.1, 0.15) is 37.0 Å². The van der Waals surface area contributed by atoms with E-state index in [-0.39, 0.29) is 17.3 Å². The van der Waals surface area contributed by atoms with E-state index < -0.39 is 17.7 Å². The third-order valence-corrected chi connectivity index (χ3v) is 6.22. The van der Waals surface area contributed by atoms with E-state index in [1.165, 1.54) is 11.2 Å². The topological polar surface area (TPSA) is 92.9 Å². The first-order valence-corrected chi connectivity index (χ1v) is 11.0. The van der Waals surface area contributed by atoms with Crippen molar-refractivity contribution >= 4 is 17.4 Å². The molecule has 0 saturated heterocycles. The normalized spacial score (nSPS) is 16.1. The molecule has 3 aromatic rings. The second kappa shape index (κ2) is 9.32. The average molecular weight is 447 g/mol. The van der Waals surface area contributed by atoms with Crippen molar-refractivity contribution in [3.05, 3.63) is 77.8 Å². The van der Waals surface area contributed by atoms with Crippen LogP contribution in [0, 0.1) is 5.92 Å². The number of rotatable bonds is 8. The lowest BCUT2D eigenvalue weighted by Gasteiger charge is -2.32. The van der Waals surface area contributed by atoms with Crippen LogP contribution >= 0.6 is 0 Å². The first kappa shape index (κ1) is 22.3. The zero-order chi connectivity index (χ0) is 23.5. The molecular weight excluding hydrogens is 420 g/mol. The third-order valence-electron chi connectivity index (χ3n) is 6.22. The number of carbonyl (C=O) groups excluding carboxylic acids is 2. The fraction of sp³-hybridized carbons (Fsp3) is 0.269. The minimum absolute atomic E-state index is 0.00832. The summed E-state index contributed by atoms with van der Waals surface area (Å²) in [4.78, 5) is 28.2. The summed E-state index contributed by atoms with van der Waals surface area (Å²) in [7, 11) is 1.55. The molecule has 0 spiro atoms. The van der Waals surface area contributed by atoms with E-state index >= 15 is 0 Å². The van der Waals surface area contributed by atoms with Gasteiger partial charge >= 0.3 is 0 Å². The Morgan fingerprint density at radius 3 is 2.30 bits per heavy atom. The van der Waals surface area contributed by atoms with E-state index in [0.29, 0.717) is 22.7 Å². The molecule has 0 aliphatic carbocycles. The molecule has 0 fully saturated rings. The number of anilines is 1. The number of amides is 1. The summed E-state index contributed by atoms with van der Waals surface area (Å²) in [6, 6.07) is 15.1. The standard InChI is InChI=1S/C26H26N2O5/c1-4-16(5-2)23-22(24(29)18-8-12-20(32-3)13-9-18)25(30)26(31)28(23)19-10-6-17(7-11-19)21-14-15-33-27-21/h6-16,23,30H,4-5H2,1-3H3. The SMILES string of the molecule is CCC(CC)C1C(C(=O)c2ccc(OC)cc2)=C(O)C(=O)N1c1ccc(-c2ccon2)cc1. The van der Waals surface area contributed by atoms with Gasteiger partial charge in [-0.1, -0.05) is 44.0 Å². The molecule has 2 heterocycles. The predicted octanol–water partition coefficient (Wildman–Crippen LogP) is 5.20. The van der Waals surface area contributed by atoms with Gasteiger partial charge in [0, 0.05) is 22.9 Å².